The maximum Gasteiger partial charge on any atom is 0.312 e. The number of morpholine rings is 1. The molecule has 4 N–H and O–H groups in total. The molecule has 8 nitrogen and oxygen atoms in total. The van der Waals surface area contributed by atoms with Gasteiger partial charge < -0.3 is 26.0 Å². The van der Waals surface area contributed by atoms with Crippen LogP contribution in [-0.2, 0) is 16.1 Å². The number of primary amides is 1. The Morgan fingerprint density at radius 2 is 2.04 bits per heavy atom. The van der Waals surface area contributed by atoms with Gasteiger partial charge >= 0.3 is 6.03 Å². The highest BCUT2D eigenvalue weighted by atomic mass is 16.5. The van der Waals surface area contributed by atoms with Crippen LogP contribution in [0.4, 0.5) is 10.6 Å². The van der Waals surface area contributed by atoms with Gasteiger partial charge in [0.2, 0.25) is 5.91 Å². The third-order valence-electron chi connectivity index (χ3n) is 3.77. The molecule has 1 aliphatic rings. The number of anilines is 1. The van der Waals surface area contributed by atoms with Crippen molar-refractivity contribution in [3.8, 4) is 0 Å². The summed E-state index contributed by atoms with van der Waals surface area (Å²) >= 11 is 0. The summed E-state index contributed by atoms with van der Waals surface area (Å²) in [5, 5.41) is 5.07. The largest absolute Gasteiger partial charge is 0.372 e. The van der Waals surface area contributed by atoms with Crippen molar-refractivity contribution < 1.29 is 14.3 Å². The van der Waals surface area contributed by atoms with Crippen LogP contribution in [0, 0.1) is 0 Å². The zero-order valence-corrected chi connectivity index (χ0v) is 14.3. The van der Waals surface area contributed by atoms with E-state index in [4.69, 9.17) is 10.5 Å². The topological polar surface area (TPSA) is 110 Å². The summed E-state index contributed by atoms with van der Waals surface area (Å²) in [5.74, 6) is 0.601. The zero-order valence-electron chi connectivity index (χ0n) is 14.3. The van der Waals surface area contributed by atoms with E-state index in [1.54, 1.807) is 13.1 Å². The first kappa shape index (κ1) is 18.0. The number of aromatic nitrogens is 1. The molecule has 8 heteroatoms. The maximum atomic E-state index is 11.8. The summed E-state index contributed by atoms with van der Waals surface area (Å²) in [6.45, 7) is 7.63. The van der Waals surface area contributed by atoms with Gasteiger partial charge in [-0.05, 0) is 32.4 Å². The number of pyridine rings is 1. The molecule has 0 spiro atoms. The molecule has 0 bridgehead atoms. The van der Waals surface area contributed by atoms with Gasteiger partial charge in [-0.2, -0.15) is 0 Å². The van der Waals surface area contributed by atoms with Crippen LogP contribution >= 0.6 is 0 Å². The van der Waals surface area contributed by atoms with Gasteiger partial charge in [-0.1, -0.05) is 6.07 Å². The Morgan fingerprint density at radius 3 is 2.58 bits per heavy atom. The lowest BCUT2D eigenvalue weighted by Crippen LogP contribution is -2.46. The third-order valence-corrected chi connectivity index (χ3v) is 3.77. The predicted molar refractivity (Wildman–Crippen MR) is 90.5 cm³/mol. The summed E-state index contributed by atoms with van der Waals surface area (Å²) in [7, 11) is 0. The van der Waals surface area contributed by atoms with Crippen molar-refractivity contribution in [3.05, 3.63) is 23.9 Å². The zero-order chi connectivity index (χ0) is 17.7. The summed E-state index contributed by atoms with van der Waals surface area (Å²) in [5.41, 5.74) is 5.87. The molecular formula is C16H25N5O3. The molecule has 24 heavy (non-hydrogen) atoms. The summed E-state index contributed by atoms with van der Waals surface area (Å²) in [6.07, 6.45) is 2.09. The second kappa shape index (κ2) is 7.96. The van der Waals surface area contributed by atoms with E-state index in [1.807, 2.05) is 26.0 Å². The first-order chi connectivity index (χ1) is 11.3. The molecule has 132 valence electrons. The maximum absolute atomic E-state index is 11.8. The molecule has 3 amide bonds. The average molecular weight is 335 g/mol. The van der Waals surface area contributed by atoms with Crippen LogP contribution in [-0.4, -0.2) is 48.3 Å². The number of rotatable bonds is 5. The molecule has 1 aliphatic heterocycles. The number of hydrogen-bond donors (Lipinski definition) is 3. The minimum absolute atomic E-state index is 0.175. The molecule has 0 saturated carbocycles. The monoisotopic (exact) mass is 335 g/mol. The normalized spacial score (nSPS) is 21.9. The van der Waals surface area contributed by atoms with Crippen LogP contribution < -0.4 is 21.3 Å². The van der Waals surface area contributed by atoms with Crippen LogP contribution in [0.2, 0.25) is 0 Å². The molecule has 1 fully saturated rings. The fourth-order valence-electron chi connectivity index (χ4n) is 2.69. The summed E-state index contributed by atoms with van der Waals surface area (Å²) in [4.78, 5) is 29.2. The van der Waals surface area contributed by atoms with E-state index >= 15 is 0 Å². The molecule has 2 rings (SSSR count). The van der Waals surface area contributed by atoms with Gasteiger partial charge in [0.05, 0.1) is 12.2 Å². The minimum atomic E-state index is -0.724. The number of carbonyl (C=O) groups excluding carboxylic acids is 2. The highest BCUT2D eigenvalue weighted by Crippen LogP contribution is 2.18. The summed E-state index contributed by atoms with van der Waals surface area (Å²) in [6, 6.07) is 2.47. The van der Waals surface area contributed by atoms with Crippen molar-refractivity contribution in [1.29, 1.82) is 0 Å². The number of nitrogens with one attached hydrogen (secondary N) is 2. The van der Waals surface area contributed by atoms with Gasteiger partial charge in [-0.25, -0.2) is 9.78 Å². The Balaban J connectivity index is 1.88. The number of nitrogens with two attached hydrogens (primary N) is 1. The quantitative estimate of drug-likeness (QED) is 0.720. The van der Waals surface area contributed by atoms with E-state index in [-0.39, 0.29) is 18.1 Å². The first-order valence-corrected chi connectivity index (χ1v) is 8.04. The van der Waals surface area contributed by atoms with Crippen LogP contribution in [0.3, 0.4) is 0 Å². The number of ether oxygens (including phenoxy) is 1. The molecule has 0 radical (unpaired) electrons. The molecule has 1 aromatic rings. The van der Waals surface area contributed by atoms with Crippen molar-refractivity contribution in [3.63, 3.8) is 0 Å². The second-order valence-corrected chi connectivity index (χ2v) is 6.14. The lowest BCUT2D eigenvalue weighted by atomic mass is 10.2. The van der Waals surface area contributed by atoms with E-state index in [2.05, 4.69) is 20.5 Å². The van der Waals surface area contributed by atoms with E-state index < -0.39 is 12.1 Å². The molecule has 0 aliphatic carbocycles. The Bertz CT molecular complexity index is 568. The van der Waals surface area contributed by atoms with Crippen LogP contribution in [0.25, 0.3) is 0 Å². The van der Waals surface area contributed by atoms with Gasteiger partial charge in [0.15, 0.2) is 0 Å². The van der Waals surface area contributed by atoms with Gasteiger partial charge in [0.25, 0.3) is 0 Å². The minimum Gasteiger partial charge on any atom is -0.372 e. The van der Waals surface area contributed by atoms with Crippen molar-refractivity contribution in [2.45, 2.75) is 45.6 Å². The van der Waals surface area contributed by atoms with Gasteiger partial charge in [0, 0.05) is 25.8 Å². The number of nitrogens with zero attached hydrogens (tertiary/aromatic N) is 2. The average Bonchev–Trinajstić information content (AvgIpc) is 2.51. The van der Waals surface area contributed by atoms with Gasteiger partial charge in [0.1, 0.15) is 11.9 Å². The first-order valence-electron chi connectivity index (χ1n) is 8.04. The lowest BCUT2D eigenvalue weighted by Gasteiger charge is -2.36. The second-order valence-electron chi connectivity index (χ2n) is 6.14. The Morgan fingerprint density at radius 1 is 1.38 bits per heavy atom. The van der Waals surface area contributed by atoms with E-state index in [0.717, 1.165) is 24.5 Å². The fraction of sp³-hybridized carbons (Fsp3) is 0.562. The van der Waals surface area contributed by atoms with Gasteiger partial charge in [-0.3, -0.25) is 4.79 Å². The number of amides is 3. The highest BCUT2D eigenvalue weighted by Gasteiger charge is 2.23. The molecular weight excluding hydrogens is 310 g/mol. The number of hydrogen-bond acceptors (Lipinski definition) is 5. The van der Waals surface area contributed by atoms with Gasteiger partial charge in [-0.15, -0.1) is 0 Å². The van der Waals surface area contributed by atoms with Crippen molar-refractivity contribution in [1.82, 2.24) is 15.6 Å². The SMILES string of the molecule is C[C@@H]1CN(c2ccc(CNC(=O)[C@H](C)NC(N)=O)cn2)C[C@@H](C)O1. The molecule has 0 aromatic carbocycles. The summed E-state index contributed by atoms with van der Waals surface area (Å²) < 4.78 is 5.72. The number of carbonyl (C=O) groups is 2. The highest BCUT2D eigenvalue weighted by molar-refractivity contribution is 5.86. The smallest absolute Gasteiger partial charge is 0.312 e. The van der Waals surface area contributed by atoms with Crippen molar-refractivity contribution in [2.75, 3.05) is 18.0 Å². The predicted octanol–water partition coefficient (Wildman–Crippen LogP) is 0.368. The van der Waals surface area contributed by atoms with Crippen LogP contribution in [0.1, 0.15) is 26.3 Å². The Labute approximate surface area is 141 Å². The lowest BCUT2D eigenvalue weighted by molar-refractivity contribution is -0.122. The molecule has 1 aromatic heterocycles. The molecule has 2 heterocycles. The Kier molecular flexibility index (Phi) is 5.97. The fourth-order valence-corrected chi connectivity index (χ4v) is 2.69. The molecule has 0 unspecified atom stereocenters. The third kappa shape index (κ3) is 5.09. The van der Waals surface area contributed by atoms with E-state index in [1.165, 1.54) is 0 Å². The number of urea groups is 1. The molecule has 3 atom stereocenters. The van der Waals surface area contributed by atoms with Crippen LogP contribution in [0.15, 0.2) is 18.3 Å². The van der Waals surface area contributed by atoms with Crippen LogP contribution in [0.5, 0.6) is 0 Å². The van der Waals surface area contributed by atoms with Crippen molar-refractivity contribution in [2.24, 2.45) is 5.73 Å². The van der Waals surface area contributed by atoms with Crippen molar-refractivity contribution >= 4 is 17.8 Å². The standard InChI is InChI=1S/C16H25N5O3/c1-10-8-21(9-11(2)24-10)14-5-4-13(6-18-14)7-19-15(22)12(3)20-16(17)23/h4-6,10-12H,7-9H2,1-3H3,(H,19,22)(H3,17,20,23)/t10-,11-,12+/m1/s1. The van der Waals surface area contributed by atoms with E-state index in [0.29, 0.717) is 6.54 Å². The van der Waals surface area contributed by atoms with E-state index in [9.17, 15) is 9.59 Å². The molecule has 1 saturated heterocycles. The Hall–Kier alpha value is -2.35.